The second-order valence-corrected chi connectivity index (χ2v) is 6.23. The van der Waals surface area contributed by atoms with Crippen molar-refractivity contribution in [1.29, 1.82) is 0 Å². The quantitative estimate of drug-likeness (QED) is 0.926. The Morgan fingerprint density at radius 1 is 1.48 bits per heavy atom. The first kappa shape index (κ1) is 16.0. The van der Waals surface area contributed by atoms with Crippen molar-refractivity contribution in [2.45, 2.75) is 52.1 Å². The Balaban J connectivity index is 2.22. The molecule has 21 heavy (non-hydrogen) atoms. The predicted molar refractivity (Wildman–Crippen MR) is 82.1 cm³/mol. The van der Waals surface area contributed by atoms with E-state index in [1.54, 1.807) is 12.1 Å². The summed E-state index contributed by atoms with van der Waals surface area (Å²) >= 11 is 0. The van der Waals surface area contributed by atoms with Crippen LogP contribution in [0.4, 0.5) is 4.39 Å². The van der Waals surface area contributed by atoms with Crippen molar-refractivity contribution < 1.29 is 9.18 Å². The fourth-order valence-electron chi connectivity index (χ4n) is 3.30. The zero-order valence-corrected chi connectivity index (χ0v) is 13.1. The van der Waals surface area contributed by atoms with E-state index < -0.39 is 5.41 Å². The molecule has 1 aromatic rings. The minimum Gasteiger partial charge on any atom is -0.336 e. The zero-order chi connectivity index (χ0) is 15.6. The molecule has 3 nitrogen and oxygen atoms in total. The number of carbonyl (C=O) groups is 1. The Bertz CT molecular complexity index is 502. The molecule has 2 rings (SSSR count). The van der Waals surface area contributed by atoms with Gasteiger partial charge in [-0.15, -0.1) is 0 Å². The maximum absolute atomic E-state index is 13.1. The second-order valence-electron chi connectivity index (χ2n) is 6.23. The van der Waals surface area contributed by atoms with Gasteiger partial charge in [-0.05, 0) is 51.3 Å². The van der Waals surface area contributed by atoms with Gasteiger partial charge in [0.05, 0.1) is 11.5 Å². The van der Waals surface area contributed by atoms with Gasteiger partial charge in [-0.3, -0.25) is 4.79 Å². The number of amides is 1. The summed E-state index contributed by atoms with van der Waals surface area (Å²) in [7, 11) is 0. The molecule has 1 aliphatic carbocycles. The topological polar surface area (TPSA) is 46.3 Å². The van der Waals surface area contributed by atoms with Gasteiger partial charge in [0.1, 0.15) is 5.82 Å². The summed E-state index contributed by atoms with van der Waals surface area (Å²) in [5.74, 6) is -0.142. The Hall–Kier alpha value is -1.42. The number of nitrogens with zero attached hydrogens (tertiary/aromatic N) is 1. The Kier molecular flexibility index (Phi) is 4.67. The van der Waals surface area contributed by atoms with E-state index in [2.05, 4.69) is 0 Å². The third-order valence-electron chi connectivity index (χ3n) is 4.94. The van der Waals surface area contributed by atoms with Crippen LogP contribution >= 0.6 is 0 Å². The van der Waals surface area contributed by atoms with Crippen LogP contribution in [0.5, 0.6) is 0 Å². The first-order chi connectivity index (χ1) is 9.90. The van der Waals surface area contributed by atoms with Crippen LogP contribution < -0.4 is 5.73 Å². The molecule has 1 aromatic carbocycles. The maximum Gasteiger partial charge on any atom is 0.230 e. The molecule has 0 aromatic heterocycles. The van der Waals surface area contributed by atoms with Crippen molar-refractivity contribution in [3.05, 3.63) is 35.6 Å². The molecule has 4 heteroatoms. The molecule has 1 fully saturated rings. The van der Waals surface area contributed by atoms with Crippen LogP contribution in [-0.4, -0.2) is 23.4 Å². The smallest absolute Gasteiger partial charge is 0.230 e. The van der Waals surface area contributed by atoms with Gasteiger partial charge in [-0.25, -0.2) is 4.39 Å². The van der Waals surface area contributed by atoms with Crippen LogP contribution in [0.25, 0.3) is 0 Å². The maximum atomic E-state index is 13.1. The SMILES string of the molecule is CCN(C(=O)C1(C)CCCC1N)C(C)c1ccc(F)cc1. The van der Waals surface area contributed by atoms with E-state index >= 15 is 0 Å². The van der Waals surface area contributed by atoms with Crippen LogP contribution in [-0.2, 0) is 4.79 Å². The average Bonchev–Trinajstić information content (AvgIpc) is 2.81. The first-order valence-corrected chi connectivity index (χ1v) is 7.72. The first-order valence-electron chi connectivity index (χ1n) is 7.72. The number of hydrogen-bond donors (Lipinski definition) is 1. The molecular weight excluding hydrogens is 267 g/mol. The minimum absolute atomic E-state index is 0.0699. The summed E-state index contributed by atoms with van der Waals surface area (Å²) in [6.07, 6.45) is 2.76. The van der Waals surface area contributed by atoms with Crippen molar-refractivity contribution >= 4 is 5.91 Å². The minimum atomic E-state index is -0.468. The predicted octanol–water partition coefficient (Wildman–Crippen LogP) is 3.25. The van der Waals surface area contributed by atoms with Gasteiger partial charge in [0.25, 0.3) is 0 Å². The molecule has 3 unspecified atom stereocenters. The fraction of sp³-hybridized carbons (Fsp3) is 0.588. The summed E-state index contributed by atoms with van der Waals surface area (Å²) in [6, 6.07) is 6.22. The summed E-state index contributed by atoms with van der Waals surface area (Å²) in [6.45, 7) is 6.56. The number of hydrogen-bond acceptors (Lipinski definition) is 2. The van der Waals surface area contributed by atoms with E-state index in [-0.39, 0.29) is 23.8 Å². The van der Waals surface area contributed by atoms with Gasteiger partial charge in [0.15, 0.2) is 0 Å². The molecule has 0 bridgehead atoms. The molecule has 0 saturated heterocycles. The van der Waals surface area contributed by atoms with Gasteiger partial charge in [-0.2, -0.15) is 0 Å². The largest absolute Gasteiger partial charge is 0.336 e. The Morgan fingerprint density at radius 3 is 2.57 bits per heavy atom. The van der Waals surface area contributed by atoms with Crippen molar-refractivity contribution in [2.24, 2.45) is 11.1 Å². The van der Waals surface area contributed by atoms with Gasteiger partial charge in [0, 0.05) is 12.6 Å². The molecule has 1 amide bonds. The molecule has 0 heterocycles. The number of benzene rings is 1. The molecule has 1 aliphatic rings. The fourth-order valence-corrected chi connectivity index (χ4v) is 3.30. The van der Waals surface area contributed by atoms with Crippen molar-refractivity contribution in [1.82, 2.24) is 4.90 Å². The highest BCUT2D eigenvalue weighted by Gasteiger charge is 2.45. The van der Waals surface area contributed by atoms with Gasteiger partial charge in [-0.1, -0.05) is 18.6 Å². The molecular formula is C17H25FN2O. The highest BCUT2D eigenvalue weighted by atomic mass is 19.1. The van der Waals surface area contributed by atoms with E-state index in [0.717, 1.165) is 24.8 Å². The summed E-state index contributed by atoms with van der Waals surface area (Å²) < 4.78 is 13.1. The second kappa shape index (κ2) is 6.14. The van der Waals surface area contributed by atoms with Crippen LogP contribution in [0, 0.1) is 11.2 Å². The molecule has 1 saturated carbocycles. The Labute approximate surface area is 126 Å². The Morgan fingerprint density at radius 2 is 2.10 bits per heavy atom. The summed E-state index contributed by atoms with van der Waals surface area (Å²) in [5, 5.41) is 0. The standard InChI is InChI=1S/C17H25FN2O/c1-4-20(12(2)13-7-9-14(18)10-8-13)16(21)17(3)11-5-6-15(17)19/h7-10,12,15H,4-6,11,19H2,1-3H3. The van der Waals surface area contributed by atoms with E-state index in [0.29, 0.717) is 6.54 Å². The van der Waals surface area contributed by atoms with Crippen LogP contribution in [0.3, 0.4) is 0 Å². The van der Waals surface area contributed by atoms with Gasteiger partial charge in [0.2, 0.25) is 5.91 Å². The van der Waals surface area contributed by atoms with Crippen molar-refractivity contribution in [2.75, 3.05) is 6.54 Å². The van der Waals surface area contributed by atoms with Crippen LogP contribution in [0.2, 0.25) is 0 Å². The molecule has 0 aliphatic heterocycles. The summed E-state index contributed by atoms with van der Waals surface area (Å²) in [5.41, 5.74) is 6.65. The molecule has 0 spiro atoms. The van der Waals surface area contributed by atoms with E-state index in [1.165, 1.54) is 12.1 Å². The third kappa shape index (κ3) is 2.95. The monoisotopic (exact) mass is 292 g/mol. The van der Waals surface area contributed by atoms with Gasteiger partial charge >= 0.3 is 0 Å². The van der Waals surface area contributed by atoms with Crippen molar-refractivity contribution in [3.8, 4) is 0 Å². The number of halogens is 1. The van der Waals surface area contributed by atoms with E-state index in [9.17, 15) is 9.18 Å². The summed E-state index contributed by atoms with van der Waals surface area (Å²) in [4.78, 5) is 14.8. The molecule has 2 N–H and O–H groups in total. The third-order valence-corrected chi connectivity index (χ3v) is 4.94. The van der Waals surface area contributed by atoms with E-state index in [1.807, 2.05) is 25.7 Å². The van der Waals surface area contributed by atoms with Crippen molar-refractivity contribution in [3.63, 3.8) is 0 Å². The molecule has 0 radical (unpaired) electrons. The molecule has 116 valence electrons. The normalized spacial score (nSPS) is 26.6. The lowest BCUT2D eigenvalue weighted by Crippen LogP contribution is -2.49. The van der Waals surface area contributed by atoms with Gasteiger partial charge < -0.3 is 10.6 Å². The number of carbonyl (C=O) groups excluding carboxylic acids is 1. The zero-order valence-electron chi connectivity index (χ0n) is 13.1. The van der Waals surface area contributed by atoms with Crippen LogP contribution in [0.1, 0.15) is 51.6 Å². The lowest BCUT2D eigenvalue weighted by Gasteiger charge is -2.37. The highest BCUT2D eigenvalue weighted by molar-refractivity contribution is 5.84. The lowest BCUT2D eigenvalue weighted by atomic mass is 9.83. The highest BCUT2D eigenvalue weighted by Crippen LogP contribution is 2.40. The van der Waals surface area contributed by atoms with E-state index in [4.69, 9.17) is 5.73 Å². The number of rotatable bonds is 4. The number of nitrogens with two attached hydrogens (primary N) is 1. The lowest BCUT2D eigenvalue weighted by molar-refractivity contribution is -0.143. The molecule has 3 atom stereocenters. The van der Waals surface area contributed by atoms with Crippen LogP contribution in [0.15, 0.2) is 24.3 Å². The average molecular weight is 292 g/mol.